The van der Waals surface area contributed by atoms with E-state index in [1.165, 1.54) is 56.5 Å². The molecule has 2 aromatic rings. The number of aliphatic hydroxyl groups is 1. The van der Waals surface area contributed by atoms with Crippen LogP contribution in [0.4, 0.5) is 13.2 Å². The topological polar surface area (TPSA) is 29.5 Å². The fraction of sp³-hybridized carbons (Fsp3) is 0.250. The molecule has 1 N–H and O–H groups in total. The van der Waals surface area contributed by atoms with Crippen LogP contribution in [0.25, 0.3) is 0 Å². The number of benzene rings is 2. The van der Waals surface area contributed by atoms with Gasteiger partial charge < -0.3 is 9.84 Å². The zero-order chi connectivity index (χ0) is 15.7. The van der Waals surface area contributed by atoms with E-state index < -0.39 is 11.8 Å². The molecular formula is C16H15F3O2. The van der Waals surface area contributed by atoms with Crippen LogP contribution in [0.15, 0.2) is 48.5 Å². The zero-order valence-electron chi connectivity index (χ0n) is 11.6. The molecule has 0 saturated carbocycles. The van der Waals surface area contributed by atoms with Crippen LogP contribution in [-0.4, -0.2) is 18.4 Å². The van der Waals surface area contributed by atoms with E-state index in [1.54, 1.807) is 6.07 Å². The molecule has 0 spiro atoms. The lowest BCUT2D eigenvalue weighted by Crippen LogP contribution is -2.43. The van der Waals surface area contributed by atoms with E-state index in [0.717, 1.165) is 0 Å². The first-order valence-electron chi connectivity index (χ1n) is 6.30. The Morgan fingerprint density at radius 1 is 1.00 bits per heavy atom. The van der Waals surface area contributed by atoms with Gasteiger partial charge in [-0.05, 0) is 24.6 Å². The fourth-order valence-electron chi connectivity index (χ4n) is 2.30. The Labute approximate surface area is 120 Å². The number of hydrogen-bond acceptors (Lipinski definition) is 2. The Morgan fingerprint density at radius 2 is 1.67 bits per heavy atom. The maximum absolute atomic E-state index is 13.6. The van der Waals surface area contributed by atoms with Gasteiger partial charge >= 0.3 is 6.18 Å². The van der Waals surface area contributed by atoms with E-state index >= 15 is 0 Å². The van der Waals surface area contributed by atoms with Crippen LogP contribution in [0.3, 0.4) is 0 Å². The Hall–Kier alpha value is -2.01. The third-order valence-electron chi connectivity index (χ3n) is 3.43. The van der Waals surface area contributed by atoms with Gasteiger partial charge in [-0.15, -0.1) is 0 Å². The normalized spacial score (nSPS) is 14.6. The van der Waals surface area contributed by atoms with Crippen molar-refractivity contribution in [3.63, 3.8) is 0 Å². The monoisotopic (exact) mass is 296 g/mol. The molecule has 0 aliphatic heterocycles. The second-order valence-electron chi connectivity index (χ2n) is 4.76. The van der Waals surface area contributed by atoms with Crippen LogP contribution in [0.1, 0.15) is 16.7 Å². The summed E-state index contributed by atoms with van der Waals surface area (Å²) in [5.41, 5.74) is -3.18. The molecule has 0 fully saturated rings. The number of methoxy groups -OCH3 is 1. The van der Waals surface area contributed by atoms with Crippen LogP contribution in [0, 0.1) is 6.92 Å². The van der Waals surface area contributed by atoms with Gasteiger partial charge in [-0.3, -0.25) is 0 Å². The Bertz CT molecular complexity index is 637. The molecule has 21 heavy (non-hydrogen) atoms. The van der Waals surface area contributed by atoms with Gasteiger partial charge in [0.15, 0.2) is 0 Å². The third-order valence-corrected chi connectivity index (χ3v) is 3.43. The second-order valence-corrected chi connectivity index (χ2v) is 4.76. The largest absolute Gasteiger partial charge is 0.497 e. The first-order valence-corrected chi connectivity index (χ1v) is 6.30. The molecular weight excluding hydrogens is 281 g/mol. The SMILES string of the molecule is COc1cccc(C(O)(c2ccccc2C)C(F)(F)F)c1. The highest BCUT2D eigenvalue weighted by molar-refractivity contribution is 5.44. The molecule has 0 aliphatic rings. The summed E-state index contributed by atoms with van der Waals surface area (Å²) in [5, 5.41) is 10.5. The van der Waals surface area contributed by atoms with Gasteiger partial charge in [0.25, 0.3) is 0 Å². The van der Waals surface area contributed by atoms with Crippen molar-refractivity contribution in [1.82, 2.24) is 0 Å². The summed E-state index contributed by atoms with van der Waals surface area (Å²) in [6.45, 7) is 1.53. The van der Waals surface area contributed by atoms with E-state index in [9.17, 15) is 18.3 Å². The summed E-state index contributed by atoms with van der Waals surface area (Å²) in [6.07, 6.45) is -4.86. The lowest BCUT2D eigenvalue weighted by atomic mass is 9.83. The molecule has 0 bridgehead atoms. The van der Waals surface area contributed by atoms with Crippen LogP contribution in [0.2, 0.25) is 0 Å². The summed E-state index contributed by atoms with van der Waals surface area (Å²) in [6, 6.07) is 11.3. The van der Waals surface area contributed by atoms with Crippen molar-refractivity contribution in [2.24, 2.45) is 0 Å². The van der Waals surface area contributed by atoms with E-state index in [0.29, 0.717) is 5.56 Å². The van der Waals surface area contributed by atoms with E-state index in [2.05, 4.69) is 0 Å². The molecule has 1 atom stereocenters. The fourth-order valence-corrected chi connectivity index (χ4v) is 2.30. The molecule has 5 heteroatoms. The zero-order valence-corrected chi connectivity index (χ0v) is 11.6. The Balaban J connectivity index is 2.71. The summed E-state index contributed by atoms with van der Waals surface area (Å²) >= 11 is 0. The van der Waals surface area contributed by atoms with Gasteiger partial charge in [-0.2, -0.15) is 13.2 Å². The third kappa shape index (κ3) is 2.61. The molecule has 0 aliphatic carbocycles. The molecule has 0 heterocycles. The number of ether oxygens (including phenoxy) is 1. The number of rotatable bonds is 3. The molecule has 0 radical (unpaired) electrons. The molecule has 0 aromatic heterocycles. The Kier molecular flexibility index (Phi) is 3.96. The van der Waals surface area contributed by atoms with Gasteiger partial charge in [0, 0.05) is 11.1 Å². The maximum atomic E-state index is 13.6. The molecule has 1 unspecified atom stereocenters. The number of alkyl halides is 3. The van der Waals surface area contributed by atoms with Gasteiger partial charge in [-0.1, -0.05) is 36.4 Å². The van der Waals surface area contributed by atoms with Crippen LogP contribution in [0.5, 0.6) is 5.75 Å². The van der Waals surface area contributed by atoms with E-state index in [-0.39, 0.29) is 16.9 Å². The smallest absolute Gasteiger partial charge is 0.425 e. The van der Waals surface area contributed by atoms with Crippen molar-refractivity contribution < 1.29 is 23.0 Å². The summed E-state index contributed by atoms with van der Waals surface area (Å²) in [4.78, 5) is 0. The second kappa shape index (κ2) is 5.41. The van der Waals surface area contributed by atoms with Crippen LogP contribution >= 0.6 is 0 Å². The van der Waals surface area contributed by atoms with Gasteiger partial charge in [0.05, 0.1) is 7.11 Å². The minimum absolute atomic E-state index is 0.189. The van der Waals surface area contributed by atoms with Crippen molar-refractivity contribution in [2.75, 3.05) is 7.11 Å². The highest BCUT2D eigenvalue weighted by Crippen LogP contribution is 2.45. The van der Waals surface area contributed by atoms with Gasteiger partial charge in [0.2, 0.25) is 5.60 Å². The van der Waals surface area contributed by atoms with Crippen molar-refractivity contribution in [1.29, 1.82) is 0 Å². The predicted molar refractivity (Wildman–Crippen MR) is 73.2 cm³/mol. The molecule has 0 saturated heterocycles. The van der Waals surface area contributed by atoms with Crippen LogP contribution < -0.4 is 4.74 Å². The van der Waals surface area contributed by atoms with E-state index in [4.69, 9.17) is 4.74 Å². The maximum Gasteiger partial charge on any atom is 0.425 e. The van der Waals surface area contributed by atoms with Crippen LogP contribution in [-0.2, 0) is 5.60 Å². The summed E-state index contributed by atoms with van der Waals surface area (Å²) < 4.78 is 45.8. The van der Waals surface area contributed by atoms with Crippen molar-refractivity contribution in [2.45, 2.75) is 18.7 Å². The predicted octanol–water partition coefficient (Wildman–Crippen LogP) is 3.80. The lowest BCUT2D eigenvalue weighted by molar-refractivity contribution is -0.248. The molecule has 112 valence electrons. The standard InChI is InChI=1S/C16H15F3O2/c1-11-6-3-4-9-14(11)15(20,16(17,18)19)12-7-5-8-13(10-12)21-2/h3-10,20H,1-2H3. The minimum atomic E-state index is -4.86. The quantitative estimate of drug-likeness (QED) is 0.933. The van der Waals surface area contributed by atoms with E-state index in [1.807, 2.05) is 0 Å². The lowest BCUT2D eigenvalue weighted by Gasteiger charge is -2.32. The minimum Gasteiger partial charge on any atom is -0.497 e. The van der Waals surface area contributed by atoms with Crippen molar-refractivity contribution in [3.8, 4) is 5.75 Å². The molecule has 0 amide bonds. The van der Waals surface area contributed by atoms with Crippen molar-refractivity contribution >= 4 is 0 Å². The van der Waals surface area contributed by atoms with Gasteiger partial charge in [0.1, 0.15) is 5.75 Å². The first-order chi connectivity index (χ1) is 9.80. The average Bonchev–Trinajstić information content (AvgIpc) is 2.46. The molecule has 2 nitrogen and oxygen atoms in total. The first kappa shape index (κ1) is 15.4. The highest BCUT2D eigenvalue weighted by Gasteiger charge is 2.56. The summed E-state index contributed by atoms with van der Waals surface area (Å²) in [5.74, 6) is 0.253. The number of halogens is 3. The summed E-state index contributed by atoms with van der Waals surface area (Å²) in [7, 11) is 1.36. The highest BCUT2D eigenvalue weighted by atomic mass is 19.4. The number of aryl methyl sites for hydroxylation is 1. The number of hydrogen-bond donors (Lipinski definition) is 1. The van der Waals surface area contributed by atoms with Crippen molar-refractivity contribution in [3.05, 3.63) is 65.2 Å². The Morgan fingerprint density at radius 3 is 2.24 bits per heavy atom. The average molecular weight is 296 g/mol. The van der Waals surface area contributed by atoms with Gasteiger partial charge in [-0.25, -0.2) is 0 Å². The molecule has 2 aromatic carbocycles. The molecule has 2 rings (SSSR count).